The zero-order valence-electron chi connectivity index (χ0n) is 11.8. The minimum absolute atomic E-state index is 0.0163. The normalized spacial score (nSPS) is 18.8. The van der Waals surface area contributed by atoms with Gasteiger partial charge in [0.2, 0.25) is 5.91 Å². The fourth-order valence-electron chi connectivity index (χ4n) is 2.28. The van der Waals surface area contributed by atoms with Gasteiger partial charge in [-0.2, -0.15) is 0 Å². The maximum Gasteiger partial charge on any atom is 0.238 e. The molecule has 0 spiro atoms. The number of amides is 1. The van der Waals surface area contributed by atoms with Crippen molar-refractivity contribution in [3.63, 3.8) is 0 Å². The van der Waals surface area contributed by atoms with Crippen LogP contribution in [0.3, 0.4) is 0 Å². The molecule has 1 aromatic rings. The van der Waals surface area contributed by atoms with Crippen molar-refractivity contribution in [3.05, 3.63) is 35.6 Å². The van der Waals surface area contributed by atoms with Gasteiger partial charge in [0.15, 0.2) is 0 Å². The average Bonchev–Trinajstić information content (AvgIpc) is 2.81. The highest BCUT2D eigenvalue weighted by atomic mass is 19.1. The Hall–Kier alpha value is -1.46. The van der Waals surface area contributed by atoms with E-state index >= 15 is 0 Å². The second kappa shape index (κ2) is 7.36. The smallest absolute Gasteiger partial charge is 0.238 e. The summed E-state index contributed by atoms with van der Waals surface area (Å²) >= 11 is 0. The van der Waals surface area contributed by atoms with Crippen molar-refractivity contribution >= 4 is 5.91 Å². The number of ether oxygens (including phenoxy) is 1. The van der Waals surface area contributed by atoms with Crippen LogP contribution in [0.15, 0.2) is 24.3 Å². The van der Waals surface area contributed by atoms with Crippen LogP contribution >= 0.6 is 0 Å². The van der Waals surface area contributed by atoms with Gasteiger partial charge in [0.05, 0.1) is 13.2 Å². The predicted molar refractivity (Wildman–Crippen MR) is 74.6 cm³/mol. The van der Waals surface area contributed by atoms with E-state index in [9.17, 15) is 9.18 Å². The van der Waals surface area contributed by atoms with Crippen LogP contribution in [0.2, 0.25) is 0 Å². The molecule has 1 saturated heterocycles. The molecule has 0 bridgehead atoms. The van der Waals surface area contributed by atoms with E-state index in [-0.39, 0.29) is 18.3 Å². The summed E-state index contributed by atoms with van der Waals surface area (Å²) in [4.78, 5) is 13.5. The molecule has 1 aliphatic heterocycles. The lowest BCUT2D eigenvalue weighted by Crippen LogP contribution is -2.33. The Labute approximate surface area is 118 Å². The van der Waals surface area contributed by atoms with Crippen LogP contribution in [0, 0.1) is 5.82 Å². The van der Waals surface area contributed by atoms with Crippen molar-refractivity contribution in [2.24, 2.45) is 0 Å². The second-order valence-corrected chi connectivity index (χ2v) is 4.86. The van der Waals surface area contributed by atoms with Crippen molar-refractivity contribution in [1.82, 2.24) is 10.2 Å². The summed E-state index contributed by atoms with van der Waals surface area (Å²) in [6.45, 7) is 4.02. The van der Waals surface area contributed by atoms with Gasteiger partial charge in [-0.25, -0.2) is 4.39 Å². The van der Waals surface area contributed by atoms with E-state index in [4.69, 9.17) is 4.74 Å². The lowest BCUT2D eigenvalue weighted by atomic mass is 10.1. The SMILES string of the molecule is CCCCOCCN1C(=O)CNC1c1ccccc1F. The fourth-order valence-corrected chi connectivity index (χ4v) is 2.28. The van der Waals surface area contributed by atoms with Gasteiger partial charge in [0.1, 0.15) is 12.0 Å². The van der Waals surface area contributed by atoms with Crippen molar-refractivity contribution in [2.75, 3.05) is 26.3 Å². The first-order chi connectivity index (χ1) is 9.74. The van der Waals surface area contributed by atoms with Gasteiger partial charge < -0.3 is 9.64 Å². The third-order valence-corrected chi connectivity index (χ3v) is 3.40. The standard InChI is InChI=1S/C15H21FN2O2/c1-2-3-9-20-10-8-18-14(19)11-17-15(18)12-6-4-5-7-13(12)16/h4-7,15,17H,2-3,8-11H2,1H3. The molecule has 1 atom stereocenters. The molecule has 1 heterocycles. The monoisotopic (exact) mass is 280 g/mol. The fraction of sp³-hybridized carbons (Fsp3) is 0.533. The molecular weight excluding hydrogens is 259 g/mol. The van der Waals surface area contributed by atoms with Gasteiger partial charge in [-0.1, -0.05) is 31.5 Å². The van der Waals surface area contributed by atoms with Crippen molar-refractivity contribution in [3.8, 4) is 0 Å². The molecule has 1 amide bonds. The molecule has 1 unspecified atom stereocenters. The minimum atomic E-state index is -0.390. The van der Waals surface area contributed by atoms with Gasteiger partial charge in [0, 0.05) is 18.7 Å². The van der Waals surface area contributed by atoms with Gasteiger partial charge in [0.25, 0.3) is 0 Å². The molecule has 5 heteroatoms. The number of benzene rings is 1. The van der Waals surface area contributed by atoms with E-state index in [2.05, 4.69) is 12.2 Å². The molecule has 1 fully saturated rings. The summed E-state index contributed by atoms with van der Waals surface area (Å²) in [7, 11) is 0. The zero-order valence-corrected chi connectivity index (χ0v) is 11.8. The summed E-state index contributed by atoms with van der Waals surface area (Å²) in [6.07, 6.45) is 1.71. The Morgan fingerprint density at radius 3 is 2.95 bits per heavy atom. The molecule has 4 nitrogen and oxygen atoms in total. The van der Waals surface area contributed by atoms with Crippen molar-refractivity contribution < 1.29 is 13.9 Å². The van der Waals surface area contributed by atoms with E-state index in [1.807, 2.05) is 0 Å². The Balaban J connectivity index is 1.95. The topological polar surface area (TPSA) is 41.6 Å². The largest absolute Gasteiger partial charge is 0.380 e. The molecule has 0 saturated carbocycles. The summed E-state index contributed by atoms with van der Waals surface area (Å²) in [6, 6.07) is 6.54. The molecule has 0 aromatic heterocycles. The van der Waals surface area contributed by atoms with Crippen LogP contribution < -0.4 is 5.32 Å². The first-order valence-corrected chi connectivity index (χ1v) is 7.09. The van der Waals surface area contributed by atoms with Crippen LogP contribution in [0.5, 0.6) is 0 Å². The van der Waals surface area contributed by atoms with Crippen LogP contribution in [-0.4, -0.2) is 37.1 Å². The number of hydrogen-bond donors (Lipinski definition) is 1. The molecule has 1 N–H and O–H groups in total. The highest BCUT2D eigenvalue weighted by Gasteiger charge is 2.32. The predicted octanol–water partition coefficient (Wildman–Crippen LogP) is 2.07. The van der Waals surface area contributed by atoms with Gasteiger partial charge in [-0.3, -0.25) is 10.1 Å². The second-order valence-electron chi connectivity index (χ2n) is 4.86. The number of rotatable bonds is 7. The van der Waals surface area contributed by atoms with Crippen LogP contribution in [0.25, 0.3) is 0 Å². The van der Waals surface area contributed by atoms with E-state index in [0.717, 1.165) is 12.8 Å². The van der Waals surface area contributed by atoms with E-state index in [1.165, 1.54) is 6.07 Å². The molecule has 1 aromatic carbocycles. The number of carbonyl (C=O) groups is 1. The Morgan fingerprint density at radius 2 is 2.20 bits per heavy atom. The highest BCUT2D eigenvalue weighted by Crippen LogP contribution is 2.24. The molecule has 1 aliphatic rings. The third kappa shape index (κ3) is 3.55. The Kier molecular flexibility index (Phi) is 5.49. The third-order valence-electron chi connectivity index (χ3n) is 3.40. The summed E-state index contributed by atoms with van der Waals surface area (Å²) in [5.74, 6) is -0.311. The maximum atomic E-state index is 13.8. The zero-order chi connectivity index (χ0) is 14.4. The molecule has 2 rings (SSSR count). The summed E-state index contributed by atoms with van der Waals surface area (Å²) in [5.41, 5.74) is 0.506. The van der Waals surface area contributed by atoms with Gasteiger partial charge in [-0.15, -0.1) is 0 Å². The van der Waals surface area contributed by atoms with Crippen LogP contribution in [0.1, 0.15) is 31.5 Å². The van der Waals surface area contributed by atoms with Gasteiger partial charge in [-0.05, 0) is 12.5 Å². The van der Waals surface area contributed by atoms with Crippen molar-refractivity contribution in [2.45, 2.75) is 25.9 Å². The van der Waals surface area contributed by atoms with Crippen LogP contribution in [-0.2, 0) is 9.53 Å². The van der Waals surface area contributed by atoms with E-state index in [0.29, 0.717) is 25.3 Å². The van der Waals surface area contributed by atoms with Crippen molar-refractivity contribution in [1.29, 1.82) is 0 Å². The molecule has 110 valence electrons. The summed E-state index contributed by atoms with van der Waals surface area (Å²) in [5, 5.41) is 3.05. The lowest BCUT2D eigenvalue weighted by molar-refractivity contribution is -0.128. The summed E-state index contributed by atoms with van der Waals surface area (Å²) < 4.78 is 19.3. The molecule has 20 heavy (non-hydrogen) atoms. The number of nitrogens with zero attached hydrogens (tertiary/aromatic N) is 1. The molecular formula is C15H21FN2O2. The lowest BCUT2D eigenvalue weighted by Gasteiger charge is -2.24. The number of carbonyl (C=O) groups excluding carboxylic acids is 1. The molecule has 0 aliphatic carbocycles. The number of unbranched alkanes of at least 4 members (excludes halogenated alkanes) is 1. The average molecular weight is 280 g/mol. The van der Waals surface area contributed by atoms with E-state index in [1.54, 1.807) is 23.1 Å². The number of halogens is 1. The minimum Gasteiger partial charge on any atom is -0.380 e. The highest BCUT2D eigenvalue weighted by molar-refractivity contribution is 5.80. The molecule has 0 radical (unpaired) electrons. The number of nitrogens with one attached hydrogen (secondary N) is 1. The quantitative estimate of drug-likeness (QED) is 0.777. The number of hydrogen-bond acceptors (Lipinski definition) is 3. The van der Waals surface area contributed by atoms with E-state index < -0.39 is 6.17 Å². The Bertz CT molecular complexity index is 453. The van der Waals surface area contributed by atoms with Gasteiger partial charge >= 0.3 is 0 Å². The first-order valence-electron chi connectivity index (χ1n) is 7.09. The Morgan fingerprint density at radius 1 is 1.40 bits per heavy atom. The maximum absolute atomic E-state index is 13.8. The first kappa shape index (κ1) is 14.9. The van der Waals surface area contributed by atoms with Crippen LogP contribution in [0.4, 0.5) is 4.39 Å².